The number of hydrogen-bond donors (Lipinski definition) is 0. The first kappa shape index (κ1) is 12.3. The Labute approximate surface area is 114 Å². The van der Waals surface area contributed by atoms with Gasteiger partial charge in [-0.1, -0.05) is 12.5 Å². The van der Waals surface area contributed by atoms with Crippen molar-refractivity contribution in [3.8, 4) is 5.75 Å². The molecule has 0 heterocycles. The number of aryl methyl sites for hydroxylation is 1. The molecule has 2 fully saturated rings. The Balaban J connectivity index is 1.82. The molecule has 0 amide bonds. The molecule has 2 heteroatoms. The Morgan fingerprint density at radius 3 is 2.67 bits per heavy atom. The van der Waals surface area contributed by atoms with Crippen molar-refractivity contribution in [1.29, 1.82) is 0 Å². The van der Waals surface area contributed by atoms with Crippen LogP contribution >= 0.6 is 11.6 Å². The Morgan fingerprint density at radius 2 is 2.11 bits per heavy atom. The Kier molecular flexibility index (Phi) is 3.27. The minimum absolute atomic E-state index is 0.186. The highest BCUT2D eigenvalue weighted by Crippen LogP contribution is 2.54. The summed E-state index contributed by atoms with van der Waals surface area (Å²) in [6.07, 6.45) is 5.59. The van der Waals surface area contributed by atoms with E-state index in [-0.39, 0.29) is 5.38 Å². The van der Waals surface area contributed by atoms with Gasteiger partial charge in [0.1, 0.15) is 5.75 Å². The number of benzene rings is 1. The number of methoxy groups -OCH3 is 1. The van der Waals surface area contributed by atoms with Crippen molar-refractivity contribution in [2.24, 2.45) is 17.8 Å². The van der Waals surface area contributed by atoms with E-state index in [2.05, 4.69) is 19.1 Å². The fourth-order valence-electron chi connectivity index (χ4n) is 3.97. The standard InChI is InChI=1S/C16H21ClO/c1-10-7-13(18-2)5-6-14(10)16(17)15-9-11-3-4-12(15)8-11/h5-7,11-12,15-16H,3-4,8-9H2,1-2H3. The van der Waals surface area contributed by atoms with Crippen molar-refractivity contribution in [3.05, 3.63) is 29.3 Å². The molecule has 1 aromatic rings. The second-order valence-corrected chi connectivity index (χ2v) is 6.43. The summed E-state index contributed by atoms with van der Waals surface area (Å²) in [5.74, 6) is 3.45. The van der Waals surface area contributed by atoms with E-state index in [4.69, 9.17) is 16.3 Å². The lowest BCUT2D eigenvalue weighted by Crippen LogP contribution is -2.16. The Bertz CT molecular complexity index is 443. The summed E-state index contributed by atoms with van der Waals surface area (Å²) in [7, 11) is 1.71. The normalized spacial score (nSPS) is 31.6. The third-order valence-electron chi connectivity index (χ3n) is 4.94. The highest BCUT2D eigenvalue weighted by molar-refractivity contribution is 6.21. The zero-order valence-corrected chi connectivity index (χ0v) is 11.9. The molecule has 1 nitrogen and oxygen atoms in total. The van der Waals surface area contributed by atoms with Crippen LogP contribution < -0.4 is 4.74 Å². The van der Waals surface area contributed by atoms with Gasteiger partial charge in [0.05, 0.1) is 12.5 Å². The van der Waals surface area contributed by atoms with E-state index < -0.39 is 0 Å². The Morgan fingerprint density at radius 1 is 1.28 bits per heavy atom. The summed E-state index contributed by atoms with van der Waals surface area (Å²) in [6.45, 7) is 2.14. The summed E-state index contributed by atoms with van der Waals surface area (Å²) in [5, 5.41) is 0.186. The smallest absolute Gasteiger partial charge is 0.119 e. The van der Waals surface area contributed by atoms with Gasteiger partial charge in [-0.15, -0.1) is 11.6 Å². The molecule has 0 aliphatic heterocycles. The van der Waals surface area contributed by atoms with Crippen LogP contribution in [0.2, 0.25) is 0 Å². The topological polar surface area (TPSA) is 9.23 Å². The molecule has 3 rings (SSSR count). The van der Waals surface area contributed by atoms with E-state index in [1.54, 1.807) is 7.11 Å². The number of fused-ring (bicyclic) bond motifs is 2. The second-order valence-electron chi connectivity index (χ2n) is 5.96. The molecule has 0 saturated heterocycles. The largest absolute Gasteiger partial charge is 0.497 e. The van der Waals surface area contributed by atoms with Crippen molar-refractivity contribution in [1.82, 2.24) is 0 Å². The lowest BCUT2D eigenvalue weighted by molar-refractivity contribution is 0.323. The third-order valence-corrected chi connectivity index (χ3v) is 5.50. The first-order valence-electron chi connectivity index (χ1n) is 6.97. The van der Waals surface area contributed by atoms with Crippen molar-refractivity contribution in [2.75, 3.05) is 7.11 Å². The molecule has 0 spiro atoms. The number of rotatable bonds is 3. The molecule has 4 atom stereocenters. The van der Waals surface area contributed by atoms with E-state index in [0.717, 1.165) is 17.6 Å². The highest BCUT2D eigenvalue weighted by atomic mass is 35.5. The minimum atomic E-state index is 0.186. The van der Waals surface area contributed by atoms with Crippen molar-refractivity contribution in [2.45, 2.75) is 38.0 Å². The number of alkyl halides is 1. The predicted octanol–water partition coefficient (Wildman–Crippen LogP) is 4.72. The first-order chi connectivity index (χ1) is 8.69. The van der Waals surface area contributed by atoms with Crippen LogP contribution in [-0.2, 0) is 0 Å². The second kappa shape index (κ2) is 4.77. The van der Waals surface area contributed by atoms with E-state index >= 15 is 0 Å². The van der Waals surface area contributed by atoms with E-state index in [0.29, 0.717) is 5.92 Å². The number of halogens is 1. The summed E-state index contributed by atoms with van der Waals surface area (Å²) >= 11 is 6.77. The van der Waals surface area contributed by atoms with Crippen molar-refractivity contribution >= 4 is 11.6 Å². The molecular weight excluding hydrogens is 244 g/mol. The lowest BCUT2D eigenvalue weighted by atomic mass is 9.83. The molecule has 1 aromatic carbocycles. The molecule has 2 aliphatic carbocycles. The van der Waals surface area contributed by atoms with Gasteiger partial charge in [-0.25, -0.2) is 0 Å². The minimum Gasteiger partial charge on any atom is -0.497 e. The fourth-order valence-corrected chi connectivity index (χ4v) is 4.52. The zero-order chi connectivity index (χ0) is 12.7. The highest BCUT2D eigenvalue weighted by Gasteiger charge is 2.43. The van der Waals surface area contributed by atoms with Crippen LogP contribution in [0, 0.1) is 24.7 Å². The van der Waals surface area contributed by atoms with Crippen LogP contribution in [0.3, 0.4) is 0 Å². The summed E-state index contributed by atoms with van der Waals surface area (Å²) in [4.78, 5) is 0. The van der Waals surface area contributed by atoms with Crippen LogP contribution in [-0.4, -0.2) is 7.11 Å². The van der Waals surface area contributed by atoms with Gasteiger partial charge in [0.15, 0.2) is 0 Å². The molecule has 0 radical (unpaired) electrons. The SMILES string of the molecule is COc1ccc(C(Cl)C2CC3CCC2C3)c(C)c1. The predicted molar refractivity (Wildman–Crippen MR) is 75.3 cm³/mol. The molecule has 2 bridgehead atoms. The summed E-state index contributed by atoms with van der Waals surface area (Å²) in [6, 6.07) is 6.28. The summed E-state index contributed by atoms with van der Waals surface area (Å²) in [5.41, 5.74) is 2.56. The van der Waals surface area contributed by atoms with E-state index in [1.165, 1.54) is 36.8 Å². The van der Waals surface area contributed by atoms with Crippen molar-refractivity contribution in [3.63, 3.8) is 0 Å². The molecule has 18 heavy (non-hydrogen) atoms. The third kappa shape index (κ3) is 2.03. The van der Waals surface area contributed by atoms with Crippen LogP contribution in [0.5, 0.6) is 5.75 Å². The van der Waals surface area contributed by atoms with Gasteiger partial charge in [0.25, 0.3) is 0 Å². The van der Waals surface area contributed by atoms with Crippen LogP contribution in [0.1, 0.15) is 42.2 Å². The van der Waals surface area contributed by atoms with Gasteiger partial charge >= 0.3 is 0 Å². The fraction of sp³-hybridized carbons (Fsp3) is 0.625. The average molecular weight is 265 g/mol. The molecule has 0 aromatic heterocycles. The summed E-state index contributed by atoms with van der Waals surface area (Å²) < 4.78 is 5.26. The van der Waals surface area contributed by atoms with Gasteiger partial charge in [-0.05, 0) is 67.2 Å². The number of ether oxygens (including phenoxy) is 1. The van der Waals surface area contributed by atoms with Gasteiger partial charge in [-0.3, -0.25) is 0 Å². The van der Waals surface area contributed by atoms with E-state index in [9.17, 15) is 0 Å². The van der Waals surface area contributed by atoms with Gasteiger partial charge in [-0.2, -0.15) is 0 Å². The quantitative estimate of drug-likeness (QED) is 0.718. The van der Waals surface area contributed by atoms with Crippen LogP contribution in [0.25, 0.3) is 0 Å². The molecule has 98 valence electrons. The molecule has 4 unspecified atom stereocenters. The molecule has 0 N–H and O–H groups in total. The zero-order valence-electron chi connectivity index (χ0n) is 11.2. The number of hydrogen-bond acceptors (Lipinski definition) is 1. The maximum atomic E-state index is 6.77. The first-order valence-corrected chi connectivity index (χ1v) is 7.41. The lowest BCUT2D eigenvalue weighted by Gasteiger charge is -2.27. The van der Waals surface area contributed by atoms with Crippen LogP contribution in [0.4, 0.5) is 0 Å². The molecular formula is C16H21ClO. The monoisotopic (exact) mass is 264 g/mol. The van der Waals surface area contributed by atoms with E-state index in [1.807, 2.05) is 6.07 Å². The maximum Gasteiger partial charge on any atom is 0.119 e. The van der Waals surface area contributed by atoms with Gasteiger partial charge in [0, 0.05) is 0 Å². The average Bonchev–Trinajstić information content (AvgIpc) is 3.00. The molecule has 2 saturated carbocycles. The Hall–Kier alpha value is -0.690. The van der Waals surface area contributed by atoms with Crippen LogP contribution in [0.15, 0.2) is 18.2 Å². The van der Waals surface area contributed by atoms with Crippen molar-refractivity contribution < 1.29 is 4.74 Å². The molecule has 2 aliphatic rings. The van der Waals surface area contributed by atoms with Gasteiger partial charge in [0.2, 0.25) is 0 Å². The van der Waals surface area contributed by atoms with Gasteiger partial charge < -0.3 is 4.74 Å². The maximum absolute atomic E-state index is 6.77.